The van der Waals surface area contributed by atoms with Gasteiger partial charge in [-0.3, -0.25) is 4.79 Å². The predicted molar refractivity (Wildman–Crippen MR) is 43.9 cm³/mol. The van der Waals surface area contributed by atoms with Gasteiger partial charge in [0.15, 0.2) is 5.78 Å². The maximum absolute atomic E-state index is 11.3. The van der Waals surface area contributed by atoms with E-state index in [0.717, 1.165) is 25.7 Å². The third-order valence-corrected chi connectivity index (χ3v) is 2.67. The maximum atomic E-state index is 11.3. The molecule has 0 aliphatic heterocycles. The van der Waals surface area contributed by atoms with E-state index in [0.29, 0.717) is 0 Å². The van der Waals surface area contributed by atoms with Gasteiger partial charge in [-0.05, 0) is 25.7 Å². The van der Waals surface area contributed by atoms with Crippen LogP contribution in [0, 0.1) is 0 Å². The van der Waals surface area contributed by atoms with E-state index >= 15 is 0 Å². The largest absolute Gasteiger partial charge is 0.370 e. The molecule has 1 saturated carbocycles. The monoisotopic (exact) mass is 176 g/mol. The zero-order valence-electron chi connectivity index (χ0n) is 6.73. The maximum Gasteiger partial charge on any atom is 0.179 e. The number of hydrogen-bond donors (Lipinski definition) is 0. The first-order valence-electron chi connectivity index (χ1n) is 3.89. The summed E-state index contributed by atoms with van der Waals surface area (Å²) in [6.45, 7) is 0. The Balaban J connectivity index is 2.66. The fourth-order valence-corrected chi connectivity index (χ4v) is 1.91. The van der Waals surface area contributed by atoms with E-state index < -0.39 is 5.60 Å². The average Bonchev–Trinajstić information content (AvgIpc) is 2.52. The van der Waals surface area contributed by atoms with Gasteiger partial charge in [-0.1, -0.05) is 0 Å². The summed E-state index contributed by atoms with van der Waals surface area (Å²) in [7, 11) is 1.59. The van der Waals surface area contributed by atoms with Crippen LogP contribution < -0.4 is 0 Å². The number of alkyl halides is 1. The van der Waals surface area contributed by atoms with Crippen LogP contribution in [-0.4, -0.2) is 24.4 Å². The fourth-order valence-electron chi connectivity index (χ4n) is 1.66. The highest BCUT2D eigenvalue weighted by molar-refractivity contribution is 6.28. The van der Waals surface area contributed by atoms with Crippen LogP contribution in [0.15, 0.2) is 0 Å². The first-order chi connectivity index (χ1) is 5.25. The molecule has 2 nitrogen and oxygen atoms in total. The van der Waals surface area contributed by atoms with Crippen molar-refractivity contribution in [1.82, 2.24) is 0 Å². The van der Waals surface area contributed by atoms with E-state index in [4.69, 9.17) is 16.3 Å². The highest BCUT2D eigenvalue weighted by atomic mass is 35.5. The molecule has 0 radical (unpaired) electrons. The van der Waals surface area contributed by atoms with E-state index in [-0.39, 0.29) is 11.7 Å². The van der Waals surface area contributed by atoms with Crippen molar-refractivity contribution in [3.63, 3.8) is 0 Å². The standard InChI is InChI=1S/C8H13ClO2/c1-11-8(7(10)6-9)4-2-3-5-8/h2-6H2,1H3. The lowest BCUT2D eigenvalue weighted by Crippen LogP contribution is -2.38. The van der Waals surface area contributed by atoms with Gasteiger partial charge in [-0.25, -0.2) is 0 Å². The molecule has 0 aromatic heterocycles. The van der Waals surface area contributed by atoms with E-state index in [9.17, 15) is 4.79 Å². The number of ether oxygens (including phenoxy) is 1. The molecular formula is C8H13ClO2. The lowest BCUT2D eigenvalue weighted by Gasteiger charge is -2.24. The van der Waals surface area contributed by atoms with Crippen molar-refractivity contribution < 1.29 is 9.53 Å². The second-order valence-electron chi connectivity index (χ2n) is 2.96. The van der Waals surface area contributed by atoms with Crippen LogP contribution in [0.5, 0.6) is 0 Å². The zero-order valence-corrected chi connectivity index (χ0v) is 7.49. The minimum atomic E-state index is -0.526. The van der Waals surface area contributed by atoms with Gasteiger partial charge in [0.25, 0.3) is 0 Å². The number of halogens is 1. The Labute approximate surface area is 71.9 Å². The minimum Gasteiger partial charge on any atom is -0.370 e. The van der Waals surface area contributed by atoms with Gasteiger partial charge in [-0.15, -0.1) is 11.6 Å². The van der Waals surface area contributed by atoms with Crippen molar-refractivity contribution in [2.75, 3.05) is 13.0 Å². The molecule has 0 heterocycles. The quantitative estimate of drug-likeness (QED) is 0.613. The highest BCUT2D eigenvalue weighted by Crippen LogP contribution is 2.33. The molecule has 0 unspecified atom stereocenters. The van der Waals surface area contributed by atoms with E-state index in [2.05, 4.69) is 0 Å². The van der Waals surface area contributed by atoms with Gasteiger partial charge in [0.1, 0.15) is 5.60 Å². The Morgan fingerprint density at radius 3 is 2.45 bits per heavy atom. The molecular weight excluding hydrogens is 164 g/mol. The van der Waals surface area contributed by atoms with Crippen LogP contribution >= 0.6 is 11.6 Å². The van der Waals surface area contributed by atoms with Gasteiger partial charge in [0.05, 0.1) is 5.88 Å². The summed E-state index contributed by atoms with van der Waals surface area (Å²) in [5, 5.41) is 0. The van der Waals surface area contributed by atoms with Crippen LogP contribution in [-0.2, 0) is 9.53 Å². The molecule has 1 fully saturated rings. The van der Waals surface area contributed by atoms with E-state index in [1.54, 1.807) is 7.11 Å². The predicted octanol–water partition coefficient (Wildman–Crippen LogP) is 1.75. The van der Waals surface area contributed by atoms with Gasteiger partial charge in [0.2, 0.25) is 0 Å². The van der Waals surface area contributed by atoms with Crippen molar-refractivity contribution in [2.24, 2.45) is 0 Å². The van der Waals surface area contributed by atoms with Gasteiger partial charge < -0.3 is 4.74 Å². The number of methoxy groups -OCH3 is 1. The molecule has 1 aliphatic carbocycles. The molecule has 0 amide bonds. The first kappa shape index (κ1) is 9.01. The van der Waals surface area contributed by atoms with Crippen molar-refractivity contribution >= 4 is 17.4 Å². The number of carbonyl (C=O) groups excluding carboxylic acids is 1. The molecule has 0 saturated heterocycles. The van der Waals surface area contributed by atoms with Crippen molar-refractivity contribution in [3.05, 3.63) is 0 Å². The SMILES string of the molecule is COC1(C(=O)CCl)CCCC1. The van der Waals surface area contributed by atoms with Crippen LogP contribution in [0.2, 0.25) is 0 Å². The number of ketones is 1. The Morgan fingerprint density at radius 2 is 2.09 bits per heavy atom. The lowest BCUT2D eigenvalue weighted by atomic mass is 9.97. The second-order valence-corrected chi connectivity index (χ2v) is 3.23. The number of Topliss-reactive ketones (excluding diaryl/α,β-unsaturated/α-hetero) is 1. The van der Waals surface area contributed by atoms with Crippen molar-refractivity contribution in [2.45, 2.75) is 31.3 Å². The van der Waals surface area contributed by atoms with Crippen LogP contribution in [0.1, 0.15) is 25.7 Å². The second kappa shape index (κ2) is 3.55. The number of rotatable bonds is 3. The number of hydrogen-bond acceptors (Lipinski definition) is 2. The van der Waals surface area contributed by atoms with Crippen LogP contribution in [0.25, 0.3) is 0 Å². The summed E-state index contributed by atoms with van der Waals surface area (Å²) in [4.78, 5) is 11.3. The molecule has 1 rings (SSSR count). The number of carbonyl (C=O) groups is 1. The smallest absolute Gasteiger partial charge is 0.179 e. The molecule has 0 atom stereocenters. The zero-order chi connectivity index (χ0) is 8.32. The molecule has 11 heavy (non-hydrogen) atoms. The third kappa shape index (κ3) is 1.57. The molecule has 3 heteroatoms. The first-order valence-corrected chi connectivity index (χ1v) is 4.43. The third-order valence-electron chi connectivity index (χ3n) is 2.43. The molecule has 0 aromatic carbocycles. The summed E-state index contributed by atoms with van der Waals surface area (Å²) in [5.74, 6) is 0.118. The topological polar surface area (TPSA) is 26.3 Å². The van der Waals surface area contributed by atoms with Gasteiger partial charge in [0, 0.05) is 7.11 Å². The summed E-state index contributed by atoms with van der Waals surface area (Å²) in [6.07, 6.45) is 3.84. The van der Waals surface area contributed by atoms with Crippen molar-refractivity contribution in [1.29, 1.82) is 0 Å². The molecule has 1 aliphatic rings. The van der Waals surface area contributed by atoms with Crippen LogP contribution in [0.4, 0.5) is 0 Å². The van der Waals surface area contributed by atoms with Gasteiger partial charge >= 0.3 is 0 Å². The summed E-state index contributed by atoms with van der Waals surface area (Å²) in [5.41, 5.74) is -0.526. The highest BCUT2D eigenvalue weighted by Gasteiger charge is 2.40. The summed E-state index contributed by atoms with van der Waals surface area (Å²) < 4.78 is 5.22. The van der Waals surface area contributed by atoms with Gasteiger partial charge in [-0.2, -0.15) is 0 Å². The van der Waals surface area contributed by atoms with E-state index in [1.165, 1.54) is 0 Å². The minimum absolute atomic E-state index is 0.0409. The van der Waals surface area contributed by atoms with Crippen LogP contribution in [0.3, 0.4) is 0 Å². The molecule has 64 valence electrons. The van der Waals surface area contributed by atoms with Crippen molar-refractivity contribution in [3.8, 4) is 0 Å². The Hall–Kier alpha value is -0.0800. The summed E-state index contributed by atoms with van der Waals surface area (Å²) in [6, 6.07) is 0. The molecule has 0 N–H and O–H groups in total. The Bertz CT molecular complexity index is 150. The van der Waals surface area contributed by atoms with E-state index in [1.807, 2.05) is 0 Å². The lowest BCUT2D eigenvalue weighted by molar-refractivity contribution is -0.137. The Morgan fingerprint density at radius 1 is 1.55 bits per heavy atom. The molecule has 0 bridgehead atoms. The molecule has 0 spiro atoms. The Kier molecular flexibility index (Phi) is 2.90. The summed E-state index contributed by atoms with van der Waals surface area (Å²) >= 11 is 5.47. The fraction of sp³-hybridized carbons (Fsp3) is 0.875. The average molecular weight is 177 g/mol. The molecule has 0 aromatic rings. The normalized spacial score (nSPS) is 22.0.